The molecule has 0 atom stereocenters. The number of carbonyl (C=O) groups excluding carboxylic acids is 1. The fraction of sp³-hybridized carbons (Fsp3) is 0.167. The van der Waals surface area contributed by atoms with Gasteiger partial charge >= 0.3 is 5.69 Å². The summed E-state index contributed by atoms with van der Waals surface area (Å²) in [5.74, 6) is -0.726. The van der Waals surface area contributed by atoms with Crippen molar-refractivity contribution in [1.82, 2.24) is 13.7 Å². The first-order valence-electron chi connectivity index (χ1n) is 7.88. The molecule has 136 valence electrons. The topological polar surface area (TPSA) is 119 Å². The minimum Gasteiger partial charge on any atom is -0.321 e. The van der Waals surface area contributed by atoms with Crippen LogP contribution in [0, 0.1) is 11.3 Å². The van der Waals surface area contributed by atoms with E-state index >= 15 is 0 Å². The van der Waals surface area contributed by atoms with Crippen molar-refractivity contribution in [2.45, 2.75) is 0 Å². The predicted octanol–water partition coefficient (Wildman–Crippen LogP) is 0.0599. The van der Waals surface area contributed by atoms with Crippen LogP contribution in [0.1, 0.15) is 15.9 Å². The molecule has 3 aromatic rings. The van der Waals surface area contributed by atoms with E-state index in [1.54, 1.807) is 12.1 Å². The van der Waals surface area contributed by atoms with Crippen LogP contribution in [0.25, 0.3) is 11.0 Å². The zero-order valence-corrected chi connectivity index (χ0v) is 14.8. The summed E-state index contributed by atoms with van der Waals surface area (Å²) in [6, 6.07) is 9.35. The Labute approximate surface area is 152 Å². The van der Waals surface area contributed by atoms with Gasteiger partial charge in [-0.3, -0.25) is 28.1 Å². The van der Waals surface area contributed by atoms with Gasteiger partial charge < -0.3 is 5.32 Å². The molecule has 0 bridgehead atoms. The Morgan fingerprint density at radius 3 is 2.37 bits per heavy atom. The highest BCUT2D eigenvalue weighted by Gasteiger charge is 2.21. The van der Waals surface area contributed by atoms with Crippen molar-refractivity contribution in [3.63, 3.8) is 0 Å². The highest BCUT2D eigenvalue weighted by Crippen LogP contribution is 2.17. The lowest BCUT2D eigenvalue weighted by molar-refractivity contribution is 0.102. The van der Waals surface area contributed by atoms with Crippen molar-refractivity contribution in [3.05, 3.63) is 72.7 Å². The van der Waals surface area contributed by atoms with Crippen molar-refractivity contribution in [2.24, 2.45) is 21.1 Å². The molecular formula is C18H15N5O4. The van der Waals surface area contributed by atoms with Crippen LogP contribution in [0.4, 0.5) is 5.69 Å². The highest BCUT2D eigenvalue weighted by atomic mass is 16.2. The molecule has 27 heavy (non-hydrogen) atoms. The van der Waals surface area contributed by atoms with Crippen LogP contribution in [0.3, 0.4) is 0 Å². The van der Waals surface area contributed by atoms with Gasteiger partial charge in [0.25, 0.3) is 17.0 Å². The lowest BCUT2D eigenvalue weighted by Crippen LogP contribution is -2.40. The number of anilines is 1. The lowest BCUT2D eigenvalue weighted by atomic mass is 10.1. The van der Waals surface area contributed by atoms with Gasteiger partial charge in [-0.2, -0.15) is 5.26 Å². The van der Waals surface area contributed by atoms with Gasteiger partial charge in [-0.15, -0.1) is 0 Å². The molecule has 0 fully saturated rings. The molecule has 0 radical (unpaired) electrons. The molecule has 3 rings (SSSR count). The number of amides is 1. The van der Waals surface area contributed by atoms with Gasteiger partial charge in [-0.1, -0.05) is 12.1 Å². The second kappa shape index (κ2) is 6.42. The maximum Gasteiger partial charge on any atom is 0.332 e. The van der Waals surface area contributed by atoms with E-state index in [9.17, 15) is 19.2 Å². The van der Waals surface area contributed by atoms with E-state index in [4.69, 9.17) is 5.26 Å². The third kappa shape index (κ3) is 2.73. The predicted molar refractivity (Wildman–Crippen MR) is 98.8 cm³/mol. The Hall–Kier alpha value is -3.93. The summed E-state index contributed by atoms with van der Waals surface area (Å²) in [6.45, 7) is 0. The van der Waals surface area contributed by atoms with Crippen molar-refractivity contribution >= 4 is 22.6 Å². The second-order valence-corrected chi connectivity index (χ2v) is 5.97. The molecule has 1 N–H and O–H groups in total. The molecule has 0 aliphatic heterocycles. The van der Waals surface area contributed by atoms with E-state index in [0.717, 1.165) is 19.8 Å². The van der Waals surface area contributed by atoms with Gasteiger partial charge in [-0.25, -0.2) is 4.79 Å². The number of nitrogens with zero attached hydrogens (tertiary/aromatic N) is 4. The Bertz CT molecular complexity index is 1320. The molecule has 0 spiro atoms. The van der Waals surface area contributed by atoms with E-state index < -0.39 is 22.7 Å². The Kier molecular flexibility index (Phi) is 4.25. The maximum atomic E-state index is 12.8. The number of carbonyl (C=O) groups is 1. The molecule has 0 aliphatic carbocycles. The minimum atomic E-state index is -0.726. The van der Waals surface area contributed by atoms with Crippen LogP contribution in [-0.2, 0) is 21.1 Å². The quantitative estimate of drug-likeness (QED) is 0.689. The summed E-state index contributed by atoms with van der Waals surface area (Å²) >= 11 is 0. The van der Waals surface area contributed by atoms with Crippen molar-refractivity contribution in [3.8, 4) is 6.07 Å². The maximum absolute atomic E-state index is 12.8. The van der Waals surface area contributed by atoms with Crippen LogP contribution >= 0.6 is 0 Å². The van der Waals surface area contributed by atoms with E-state index in [2.05, 4.69) is 5.32 Å². The number of pyridine rings is 1. The van der Waals surface area contributed by atoms with Crippen molar-refractivity contribution < 1.29 is 4.79 Å². The number of aryl methyl sites for hydroxylation is 2. The molecule has 0 unspecified atom stereocenters. The Balaban J connectivity index is 2.33. The van der Waals surface area contributed by atoms with E-state index in [1.807, 2.05) is 6.07 Å². The van der Waals surface area contributed by atoms with Gasteiger partial charge in [0.1, 0.15) is 11.7 Å². The van der Waals surface area contributed by atoms with Crippen LogP contribution in [0.15, 0.2) is 44.7 Å². The average Bonchev–Trinajstić information content (AvgIpc) is 2.66. The monoisotopic (exact) mass is 365 g/mol. The van der Waals surface area contributed by atoms with E-state index in [-0.39, 0.29) is 27.8 Å². The molecule has 1 amide bonds. The smallest absolute Gasteiger partial charge is 0.321 e. The second-order valence-electron chi connectivity index (χ2n) is 5.97. The first-order chi connectivity index (χ1) is 12.8. The van der Waals surface area contributed by atoms with Gasteiger partial charge in [-0.05, 0) is 12.1 Å². The van der Waals surface area contributed by atoms with Crippen molar-refractivity contribution in [2.75, 3.05) is 5.32 Å². The fourth-order valence-electron chi connectivity index (χ4n) is 2.92. The first kappa shape index (κ1) is 17.9. The van der Waals surface area contributed by atoms with Crippen LogP contribution in [0.5, 0.6) is 0 Å². The summed E-state index contributed by atoms with van der Waals surface area (Å²) in [4.78, 5) is 50.0. The van der Waals surface area contributed by atoms with Crippen LogP contribution in [-0.4, -0.2) is 19.6 Å². The third-order valence-electron chi connectivity index (χ3n) is 4.36. The van der Waals surface area contributed by atoms with Crippen LogP contribution < -0.4 is 22.1 Å². The summed E-state index contributed by atoms with van der Waals surface area (Å²) < 4.78 is 3.14. The lowest BCUT2D eigenvalue weighted by Gasteiger charge is -2.14. The van der Waals surface area contributed by atoms with Gasteiger partial charge in [0.2, 0.25) is 0 Å². The van der Waals surface area contributed by atoms with Gasteiger partial charge in [0, 0.05) is 27.2 Å². The SMILES string of the molecule is Cn1c(=O)c2c(C(=O)Nc3ccccc3C#N)cc(=O)n(C)c2n(C)c1=O. The number of hydrogen-bond donors (Lipinski definition) is 1. The highest BCUT2D eigenvalue weighted by molar-refractivity contribution is 6.12. The van der Waals surface area contributed by atoms with E-state index in [1.165, 1.54) is 33.3 Å². The largest absolute Gasteiger partial charge is 0.332 e. The zero-order chi connectivity index (χ0) is 19.9. The van der Waals surface area contributed by atoms with Gasteiger partial charge in [0.05, 0.1) is 22.2 Å². The number of para-hydroxylation sites is 1. The first-order valence-corrected chi connectivity index (χ1v) is 7.88. The summed E-state index contributed by atoms with van der Waals surface area (Å²) in [7, 11) is 4.12. The Morgan fingerprint density at radius 2 is 1.70 bits per heavy atom. The average molecular weight is 365 g/mol. The molecule has 1 aromatic carbocycles. The molecule has 2 aromatic heterocycles. The fourth-order valence-corrected chi connectivity index (χ4v) is 2.92. The molecule has 0 saturated carbocycles. The molecule has 9 heteroatoms. The minimum absolute atomic E-state index is 0.0364. The molecule has 0 aliphatic rings. The van der Waals surface area contributed by atoms with Crippen LogP contribution in [0.2, 0.25) is 0 Å². The number of rotatable bonds is 2. The molecule has 9 nitrogen and oxygen atoms in total. The molecule has 0 saturated heterocycles. The summed E-state index contributed by atoms with van der Waals surface area (Å²) in [6.07, 6.45) is 0. The third-order valence-corrected chi connectivity index (χ3v) is 4.36. The van der Waals surface area contributed by atoms with Gasteiger partial charge in [0.15, 0.2) is 0 Å². The number of aromatic nitrogens is 3. The molecular weight excluding hydrogens is 350 g/mol. The Morgan fingerprint density at radius 1 is 1.04 bits per heavy atom. The number of benzene rings is 1. The normalized spacial score (nSPS) is 10.6. The summed E-state index contributed by atoms with van der Waals surface area (Å²) in [5.41, 5.74) is -1.51. The number of nitriles is 1. The molecule has 2 heterocycles. The van der Waals surface area contributed by atoms with E-state index in [0.29, 0.717) is 0 Å². The number of nitrogens with one attached hydrogen (secondary N) is 1. The summed E-state index contributed by atoms with van der Waals surface area (Å²) in [5, 5.41) is 11.6. The van der Waals surface area contributed by atoms with Crippen molar-refractivity contribution in [1.29, 1.82) is 5.26 Å². The number of fused-ring (bicyclic) bond motifs is 1. The number of hydrogen-bond acceptors (Lipinski definition) is 5. The standard InChI is InChI=1S/C18H15N5O4/c1-21-13(24)8-11(14-16(21)22(2)18(27)23(3)17(14)26)15(25)20-12-7-5-4-6-10(12)9-19/h4-8H,1-3H3,(H,20,25). The zero-order valence-electron chi connectivity index (χ0n) is 14.8.